The van der Waals surface area contributed by atoms with Crippen molar-refractivity contribution in [2.75, 3.05) is 20.1 Å². The van der Waals surface area contributed by atoms with E-state index in [0.717, 1.165) is 13.0 Å². The Hall–Kier alpha value is -2.29. The standard InChI is InChI=1S/C15H15F3N4O2/c1-21-6-9-4-8(21)7-22(9)14(23)13-11-5-10(24-15(16,17)18)2-3-12(11)19-20-13/h2-3,5,8-9H,4,6-7H2,1H3,(H,19,20). The summed E-state index contributed by atoms with van der Waals surface area (Å²) in [5.41, 5.74) is 0.627. The summed E-state index contributed by atoms with van der Waals surface area (Å²) >= 11 is 0. The first kappa shape index (κ1) is 15.3. The van der Waals surface area contributed by atoms with Gasteiger partial charge < -0.3 is 9.64 Å². The van der Waals surface area contributed by atoms with E-state index in [1.807, 2.05) is 7.05 Å². The van der Waals surface area contributed by atoms with Gasteiger partial charge >= 0.3 is 6.36 Å². The molecule has 2 atom stereocenters. The fourth-order valence-corrected chi connectivity index (χ4v) is 3.60. The zero-order chi connectivity index (χ0) is 17.1. The van der Waals surface area contributed by atoms with Gasteiger partial charge in [0.05, 0.1) is 5.52 Å². The van der Waals surface area contributed by atoms with E-state index in [4.69, 9.17) is 0 Å². The van der Waals surface area contributed by atoms with Crippen LogP contribution in [-0.4, -0.2) is 64.5 Å². The summed E-state index contributed by atoms with van der Waals surface area (Å²) in [5, 5.41) is 7.04. The molecule has 2 saturated heterocycles. The van der Waals surface area contributed by atoms with Crippen LogP contribution in [0.5, 0.6) is 5.75 Å². The van der Waals surface area contributed by atoms with Crippen LogP contribution in [-0.2, 0) is 0 Å². The molecule has 2 fully saturated rings. The highest BCUT2D eigenvalue weighted by Crippen LogP contribution is 2.32. The van der Waals surface area contributed by atoms with Crippen LogP contribution in [0.3, 0.4) is 0 Å². The van der Waals surface area contributed by atoms with E-state index in [-0.39, 0.29) is 23.4 Å². The van der Waals surface area contributed by atoms with Crippen LogP contribution >= 0.6 is 0 Å². The predicted molar refractivity (Wildman–Crippen MR) is 78.6 cm³/mol. The molecule has 1 amide bonds. The maximum Gasteiger partial charge on any atom is 0.573 e. The van der Waals surface area contributed by atoms with Gasteiger partial charge in [-0.25, -0.2) is 0 Å². The second kappa shape index (κ2) is 5.10. The van der Waals surface area contributed by atoms with E-state index in [9.17, 15) is 18.0 Å². The van der Waals surface area contributed by atoms with Crippen LogP contribution in [0.15, 0.2) is 18.2 Å². The normalized spacial score (nSPS) is 24.1. The number of piperazine rings is 1. The minimum atomic E-state index is -4.78. The topological polar surface area (TPSA) is 61.5 Å². The van der Waals surface area contributed by atoms with Crippen LogP contribution in [0, 0.1) is 0 Å². The predicted octanol–water partition coefficient (Wildman–Crippen LogP) is 1.99. The summed E-state index contributed by atoms with van der Waals surface area (Å²) in [4.78, 5) is 16.8. The van der Waals surface area contributed by atoms with E-state index in [2.05, 4.69) is 19.8 Å². The summed E-state index contributed by atoms with van der Waals surface area (Å²) < 4.78 is 41.1. The number of hydrogen-bond donors (Lipinski definition) is 1. The average Bonchev–Trinajstić information content (AvgIpc) is 3.17. The molecule has 0 radical (unpaired) electrons. The third kappa shape index (κ3) is 2.48. The van der Waals surface area contributed by atoms with Crippen molar-refractivity contribution < 1.29 is 22.7 Å². The third-order valence-electron chi connectivity index (χ3n) is 4.75. The van der Waals surface area contributed by atoms with Gasteiger partial charge in [0.15, 0.2) is 5.69 Å². The van der Waals surface area contributed by atoms with Gasteiger partial charge in [0.1, 0.15) is 5.75 Å². The Kier molecular flexibility index (Phi) is 3.24. The monoisotopic (exact) mass is 340 g/mol. The van der Waals surface area contributed by atoms with Crippen molar-refractivity contribution in [3.63, 3.8) is 0 Å². The summed E-state index contributed by atoms with van der Waals surface area (Å²) in [5.74, 6) is -0.626. The second-order valence-electron chi connectivity index (χ2n) is 6.27. The van der Waals surface area contributed by atoms with Crippen LogP contribution in [0.1, 0.15) is 16.9 Å². The third-order valence-corrected chi connectivity index (χ3v) is 4.75. The molecule has 2 bridgehead atoms. The molecule has 2 aromatic rings. The van der Waals surface area contributed by atoms with E-state index in [1.165, 1.54) is 18.2 Å². The zero-order valence-electron chi connectivity index (χ0n) is 12.8. The molecule has 0 saturated carbocycles. The summed E-state index contributed by atoms with van der Waals surface area (Å²) in [6.45, 7) is 1.42. The van der Waals surface area contributed by atoms with Gasteiger partial charge in [0.2, 0.25) is 0 Å². The van der Waals surface area contributed by atoms with Gasteiger partial charge in [0, 0.05) is 30.6 Å². The smallest absolute Gasteiger partial charge is 0.406 e. The van der Waals surface area contributed by atoms with Crippen molar-refractivity contribution >= 4 is 16.8 Å². The van der Waals surface area contributed by atoms with Crippen molar-refractivity contribution in [3.8, 4) is 5.75 Å². The Balaban J connectivity index is 1.64. The van der Waals surface area contributed by atoms with E-state index >= 15 is 0 Å². The fourth-order valence-electron chi connectivity index (χ4n) is 3.60. The first-order valence-corrected chi connectivity index (χ1v) is 7.57. The number of aromatic nitrogens is 2. The number of carbonyl (C=O) groups is 1. The quantitative estimate of drug-likeness (QED) is 0.908. The Morgan fingerprint density at radius 2 is 2.12 bits per heavy atom. The molecule has 128 valence electrons. The van der Waals surface area contributed by atoms with Crippen LogP contribution < -0.4 is 4.74 Å². The molecule has 1 aromatic heterocycles. The molecule has 0 aliphatic carbocycles. The molecule has 9 heteroatoms. The van der Waals surface area contributed by atoms with Crippen molar-refractivity contribution in [2.45, 2.75) is 24.9 Å². The number of carbonyl (C=O) groups excluding carboxylic acids is 1. The minimum absolute atomic E-state index is 0.132. The summed E-state index contributed by atoms with van der Waals surface area (Å²) in [6, 6.07) is 4.28. The van der Waals surface area contributed by atoms with E-state index in [0.29, 0.717) is 23.5 Å². The molecule has 3 heterocycles. The second-order valence-corrected chi connectivity index (χ2v) is 6.27. The molecule has 0 spiro atoms. The number of rotatable bonds is 2. The molecule has 1 aromatic carbocycles. The Labute approximate surface area is 135 Å². The number of nitrogens with one attached hydrogen (secondary N) is 1. The number of halogens is 3. The highest BCUT2D eigenvalue weighted by molar-refractivity contribution is 6.05. The van der Waals surface area contributed by atoms with Crippen molar-refractivity contribution in [1.29, 1.82) is 0 Å². The van der Waals surface area contributed by atoms with Gasteiger partial charge in [-0.15, -0.1) is 13.2 Å². The van der Waals surface area contributed by atoms with Gasteiger partial charge in [-0.3, -0.25) is 14.8 Å². The summed E-state index contributed by atoms with van der Waals surface area (Å²) in [7, 11) is 2.02. The maximum atomic E-state index is 12.8. The van der Waals surface area contributed by atoms with Crippen LogP contribution in [0.25, 0.3) is 10.9 Å². The van der Waals surface area contributed by atoms with Crippen molar-refractivity contribution in [2.24, 2.45) is 0 Å². The highest BCUT2D eigenvalue weighted by atomic mass is 19.4. The molecule has 2 aliphatic rings. The number of likely N-dealkylation sites (tertiary alicyclic amines) is 2. The number of likely N-dealkylation sites (N-methyl/N-ethyl adjacent to an activating group) is 1. The number of H-pyrrole nitrogens is 1. The lowest BCUT2D eigenvalue weighted by molar-refractivity contribution is -0.274. The van der Waals surface area contributed by atoms with Crippen LogP contribution in [0.2, 0.25) is 0 Å². The largest absolute Gasteiger partial charge is 0.573 e. The number of fused-ring (bicyclic) bond motifs is 3. The first-order chi connectivity index (χ1) is 11.3. The van der Waals surface area contributed by atoms with Gasteiger partial charge in [-0.2, -0.15) is 5.10 Å². The number of alkyl halides is 3. The Morgan fingerprint density at radius 1 is 1.33 bits per heavy atom. The molecular weight excluding hydrogens is 325 g/mol. The first-order valence-electron chi connectivity index (χ1n) is 7.57. The van der Waals surface area contributed by atoms with Crippen molar-refractivity contribution in [3.05, 3.63) is 23.9 Å². The van der Waals surface area contributed by atoms with E-state index in [1.54, 1.807) is 4.90 Å². The number of ether oxygens (including phenoxy) is 1. The SMILES string of the molecule is CN1CC2CC1CN2C(=O)c1n[nH]c2ccc(OC(F)(F)F)cc12. The zero-order valence-corrected chi connectivity index (χ0v) is 12.8. The Bertz CT molecular complexity index is 802. The number of hydrogen-bond acceptors (Lipinski definition) is 4. The number of benzene rings is 1. The minimum Gasteiger partial charge on any atom is -0.406 e. The maximum absolute atomic E-state index is 12.8. The average molecular weight is 340 g/mol. The summed E-state index contributed by atoms with van der Waals surface area (Å²) in [6.07, 6.45) is -3.85. The molecular formula is C15H15F3N4O2. The van der Waals surface area contributed by atoms with Gasteiger partial charge in [-0.05, 0) is 31.7 Å². The van der Waals surface area contributed by atoms with Crippen molar-refractivity contribution in [1.82, 2.24) is 20.0 Å². The molecule has 24 heavy (non-hydrogen) atoms. The molecule has 2 aliphatic heterocycles. The molecule has 6 nitrogen and oxygen atoms in total. The van der Waals surface area contributed by atoms with Gasteiger partial charge in [-0.1, -0.05) is 0 Å². The lowest BCUT2D eigenvalue weighted by Gasteiger charge is -2.31. The fraction of sp³-hybridized carbons (Fsp3) is 0.467. The van der Waals surface area contributed by atoms with Gasteiger partial charge in [0.25, 0.3) is 5.91 Å². The molecule has 4 rings (SSSR count). The molecule has 2 unspecified atom stereocenters. The number of amides is 1. The van der Waals surface area contributed by atoms with E-state index < -0.39 is 6.36 Å². The highest BCUT2D eigenvalue weighted by Gasteiger charge is 2.44. The number of aromatic amines is 1. The lowest BCUT2D eigenvalue weighted by Crippen LogP contribution is -2.47. The Morgan fingerprint density at radius 3 is 2.75 bits per heavy atom. The molecule has 1 N–H and O–H groups in total. The van der Waals surface area contributed by atoms with Crippen LogP contribution in [0.4, 0.5) is 13.2 Å². The lowest BCUT2D eigenvalue weighted by atomic mass is 10.1. The number of nitrogens with zero attached hydrogens (tertiary/aromatic N) is 3.